The molecule has 2 aromatic carbocycles. The molecule has 0 spiro atoms. The first-order chi connectivity index (χ1) is 18.0. The standard InChI is InChI=1S/C30H35BrN4O2/c1-3-37-33-28(22-8-10-24(31)11-9-22)23-13-18-35(19-14-23)30(2)15-20-34(21-16-30)29(36)26-12-17-32-27-7-5-4-6-25(26)27/h4-12,17,23H,3,13-16,18-21H2,1-2H3/b33-28-. The van der Waals surface area contributed by atoms with Crippen LogP contribution in [0, 0.1) is 5.92 Å². The molecular weight excluding hydrogens is 528 g/mol. The van der Waals surface area contributed by atoms with Gasteiger partial charge in [-0.15, -0.1) is 0 Å². The molecule has 194 valence electrons. The minimum Gasteiger partial charge on any atom is -0.396 e. The van der Waals surface area contributed by atoms with Crippen LogP contribution in [0.1, 0.15) is 55.5 Å². The van der Waals surface area contributed by atoms with Gasteiger partial charge in [0.1, 0.15) is 6.61 Å². The zero-order valence-electron chi connectivity index (χ0n) is 21.7. The van der Waals surface area contributed by atoms with Gasteiger partial charge < -0.3 is 9.74 Å². The molecule has 7 heteroatoms. The van der Waals surface area contributed by atoms with Crippen LogP contribution in [0.2, 0.25) is 0 Å². The molecule has 3 aromatic rings. The van der Waals surface area contributed by atoms with Crippen molar-refractivity contribution in [3.8, 4) is 0 Å². The van der Waals surface area contributed by atoms with Gasteiger partial charge in [0, 0.05) is 40.6 Å². The summed E-state index contributed by atoms with van der Waals surface area (Å²) in [4.78, 5) is 28.0. The molecule has 5 rings (SSSR count). The maximum Gasteiger partial charge on any atom is 0.254 e. The van der Waals surface area contributed by atoms with E-state index in [1.54, 1.807) is 6.20 Å². The quantitative estimate of drug-likeness (QED) is 0.267. The Hall–Kier alpha value is -2.77. The molecule has 1 amide bonds. The Morgan fingerprint density at radius 2 is 1.76 bits per heavy atom. The summed E-state index contributed by atoms with van der Waals surface area (Å²) >= 11 is 3.53. The molecule has 6 nitrogen and oxygen atoms in total. The monoisotopic (exact) mass is 562 g/mol. The summed E-state index contributed by atoms with van der Waals surface area (Å²) < 4.78 is 1.07. The molecule has 0 saturated carbocycles. The van der Waals surface area contributed by atoms with E-state index < -0.39 is 0 Å². The number of para-hydroxylation sites is 1. The lowest BCUT2D eigenvalue weighted by molar-refractivity contribution is 0.0162. The smallest absolute Gasteiger partial charge is 0.254 e. The van der Waals surface area contributed by atoms with Crippen molar-refractivity contribution in [2.75, 3.05) is 32.8 Å². The average molecular weight is 564 g/mol. The fourth-order valence-corrected chi connectivity index (χ4v) is 6.04. The summed E-state index contributed by atoms with van der Waals surface area (Å²) in [6.45, 7) is 8.55. The van der Waals surface area contributed by atoms with Gasteiger partial charge >= 0.3 is 0 Å². The Morgan fingerprint density at radius 3 is 2.46 bits per heavy atom. The molecular formula is C30H35BrN4O2. The van der Waals surface area contributed by atoms with Crippen molar-refractivity contribution in [3.63, 3.8) is 0 Å². The van der Waals surface area contributed by atoms with Crippen molar-refractivity contribution in [2.45, 2.75) is 45.1 Å². The first-order valence-corrected chi connectivity index (χ1v) is 14.1. The number of hydrogen-bond donors (Lipinski definition) is 0. The minimum atomic E-state index is 0.108. The number of rotatable bonds is 6. The molecule has 1 aromatic heterocycles. The molecule has 0 unspecified atom stereocenters. The summed E-state index contributed by atoms with van der Waals surface area (Å²) in [6, 6.07) is 18.1. The average Bonchev–Trinajstić information content (AvgIpc) is 2.94. The van der Waals surface area contributed by atoms with E-state index in [4.69, 9.17) is 4.84 Å². The van der Waals surface area contributed by atoms with E-state index in [1.807, 2.05) is 42.2 Å². The molecule has 0 aliphatic carbocycles. The van der Waals surface area contributed by atoms with Gasteiger partial charge in [-0.05, 0) is 82.4 Å². The Kier molecular flexibility index (Phi) is 7.91. The van der Waals surface area contributed by atoms with E-state index in [0.717, 1.165) is 84.1 Å². The number of oxime groups is 1. The number of nitrogens with zero attached hydrogens (tertiary/aromatic N) is 4. The van der Waals surface area contributed by atoms with E-state index in [0.29, 0.717) is 12.5 Å². The normalized spacial score (nSPS) is 19.2. The summed E-state index contributed by atoms with van der Waals surface area (Å²) in [5.41, 5.74) is 3.93. The van der Waals surface area contributed by atoms with Crippen molar-refractivity contribution in [1.29, 1.82) is 0 Å². The Bertz CT molecular complexity index is 1250. The Labute approximate surface area is 227 Å². The lowest BCUT2D eigenvalue weighted by Gasteiger charge is -2.49. The largest absolute Gasteiger partial charge is 0.396 e. The first kappa shape index (κ1) is 25.9. The van der Waals surface area contributed by atoms with Crippen molar-refractivity contribution >= 4 is 38.5 Å². The number of halogens is 1. The summed E-state index contributed by atoms with van der Waals surface area (Å²) in [7, 11) is 0. The molecule has 0 bridgehead atoms. The third kappa shape index (κ3) is 5.58. The molecule has 0 atom stereocenters. The number of fused-ring (bicyclic) bond motifs is 1. The SMILES string of the molecule is CCO/N=C(/c1ccc(Br)cc1)C1CCN(C2(C)CCN(C(=O)c3ccnc4ccccc34)CC2)CC1. The highest BCUT2D eigenvalue weighted by Crippen LogP contribution is 2.34. The van der Waals surface area contributed by atoms with Gasteiger partial charge in [-0.3, -0.25) is 14.7 Å². The predicted molar refractivity (Wildman–Crippen MR) is 152 cm³/mol. The van der Waals surface area contributed by atoms with Crippen molar-refractivity contribution in [2.24, 2.45) is 11.1 Å². The number of pyridine rings is 1. The Balaban J connectivity index is 1.21. The number of benzene rings is 2. The van der Waals surface area contributed by atoms with Gasteiger partial charge in [-0.2, -0.15) is 0 Å². The van der Waals surface area contributed by atoms with Crippen LogP contribution in [-0.4, -0.2) is 64.7 Å². The van der Waals surface area contributed by atoms with Crippen molar-refractivity contribution in [3.05, 3.63) is 76.4 Å². The molecule has 2 saturated heterocycles. The number of amides is 1. The summed E-state index contributed by atoms with van der Waals surface area (Å²) in [5.74, 6) is 0.500. The highest BCUT2D eigenvalue weighted by atomic mass is 79.9. The van der Waals surface area contributed by atoms with Crippen LogP contribution >= 0.6 is 15.9 Å². The number of hydrogen-bond acceptors (Lipinski definition) is 5. The zero-order valence-corrected chi connectivity index (χ0v) is 23.3. The fraction of sp³-hybridized carbons (Fsp3) is 0.433. The summed E-state index contributed by atoms with van der Waals surface area (Å²) in [5, 5.41) is 5.47. The second-order valence-corrected chi connectivity index (χ2v) is 11.2. The van der Waals surface area contributed by atoms with E-state index in [9.17, 15) is 4.79 Å². The number of aromatic nitrogens is 1. The van der Waals surface area contributed by atoms with Crippen LogP contribution in [0.25, 0.3) is 10.9 Å². The fourth-order valence-electron chi connectivity index (χ4n) is 5.77. The molecule has 0 N–H and O–H groups in total. The molecule has 0 radical (unpaired) electrons. The maximum absolute atomic E-state index is 13.4. The van der Waals surface area contributed by atoms with Crippen LogP contribution < -0.4 is 0 Å². The summed E-state index contributed by atoms with van der Waals surface area (Å²) in [6.07, 6.45) is 5.83. The van der Waals surface area contributed by atoms with E-state index in [2.05, 4.69) is 62.2 Å². The third-order valence-corrected chi connectivity index (χ3v) is 8.61. The Morgan fingerprint density at radius 1 is 1.05 bits per heavy atom. The van der Waals surface area contributed by atoms with Crippen LogP contribution in [0.4, 0.5) is 0 Å². The molecule has 2 aliphatic rings. The zero-order chi connectivity index (χ0) is 25.8. The first-order valence-electron chi connectivity index (χ1n) is 13.3. The lowest BCUT2D eigenvalue weighted by atomic mass is 9.82. The van der Waals surface area contributed by atoms with Gasteiger partial charge in [0.05, 0.1) is 16.8 Å². The highest BCUT2D eigenvalue weighted by Gasteiger charge is 2.39. The predicted octanol–water partition coefficient (Wildman–Crippen LogP) is 6.14. The minimum absolute atomic E-state index is 0.108. The van der Waals surface area contributed by atoms with Crippen LogP contribution in [0.3, 0.4) is 0 Å². The molecule has 2 fully saturated rings. The van der Waals surface area contributed by atoms with E-state index >= 15 is 0 Å². The van der Waals surface area contributed by atoms with Gasteiger partial charge in [0.15, 0.2) is 0 Å². The number of carbonyl (C=O) groups excluding carboxylic acids is 1. The van der Waals surface area contributed by atoms with Gasteiger partial charge in [0.2, 0.25) is 0 Å². The number of carbonyl (C=O) groups is 1. The topological polar surface area (TPSA) is 58.0 Å². The van der Waals surface area contributed by atoms with E-state index in [1.165, 1.54) is 0 Å². The van der Waals surface area contributed by atoms with Crippen molar-refractivity contribution < 1.29 is 9.63 Å². The molecule has 3 heterocycles. The lowest BCUT2D eigenvalue weighted by Crippen LogP contribution is -2.56. The van der Waals surface area contributed by atoms with Crippen LogP contribution in [-0.2, 0) is 4.84 Å². The van der Waals surface area contributed by atoms with Crippen LogP contribution in [0.5, 0.6) is 0 Å². The second-order valence-electron chi connectivity index (χ2n) is 10.3. The third-order valence-electron chi connectivity index (χ3n) is 8.08. The maximum atomic E-state index is 13.4. The van der Waals surface area contributed by atoms with Crippen LogP contribution in [0.15, 0.2) is 70.4 Å². The van der Waals surface area contributed by atoms with Gasteiger partial charge in [-0.25, -0.2) is 0 Å². The number of likely N-dealkylation sites (tertiary alicyclic amines) is 2. The van der Waals surface area contributed by atoms with Gasteiger partial charge in [-0.1, -0.05) is 51.4 Å². The molecule has 37 heavy (non-hydrogen) atoms. The van der Waals surface area contributed by atoms with Crippen molar-refractivity contribution in [1.82, 2.24) is 14.8 Å². The number of piperidine rings is 2. The molecule has 2 aliphatic heterocycles. The van der Waals surface area contributed by atoms with E-state index in [-0.39, 0.29) is 11.4 Å². The van der Waals surface area contributed by atoms with Gasteiger partial charge in [0.25, 0.3) is 5.91 Å². The highest BCUT2D eigenvalue weighted by molar-refractivity contribution is 9.10. The second kappa shape index (κ2) is 11.3.